The third kappa shape index (κ3) is 4.75. The molecule has 1 fully saturated rings. The minimum absolute atomic E-state index is 0.739. The van der Waals surface area contributed by atoms with Crippen LogP contribution in [0.3, 0.4) is 0 Å². The van der Waals surface area contributed by atoms with Gasteiger partial charge < -0.3 is 5.32 Å². The van der Waals surface area contributed by atoms with E-state index in [2.05, 4.69) is 57.4 Å². The molecule has 0 saturated carbocycles. The number of likely N-dealkylation sites (tertiary alicyclic amines) is 1. The second-order valence-corrected chi connectivity index (χ2v) is 9.49. The van der Waals surface area contributed by atoms with Crippen molar-refractivity contribution in [2.45, 2.75) is 33.2 Å². The van der Waals surface area contributed by atoms with E-state index < -0.39 is 0 Å². The molecule has 1 aliphatic heterocycles. The highest BCUT2D eigenvalue weighted by Gasteiger charge is 2.16. The van der Waals surface area contributed by atoms with E-state index in [0.717, 1.165) is 46.0 Å². The number of aryl methyl sites for hydroxylation is 1. The van der Waals surface area contributed by atoms with E-state index in [1.807, 2.05) is 31.2 Å². The first kappa shape index (κ1) is 20.1. The summed E-state index contributed by atoms with van der Waals surface area (Å²) in [6.45, 7) is 7.70. The Balaban J connectivity index is 1.35. The smallest absolute Gasteiger partial charge is 0.189 e. The van der Waals surface area contributed by atoms with Crippen molar-refractivity contribution in [1.82, 2.24) is 19.9 Å². The fourth-order valence-electron chi connectivity index (χ4n) is 4.10. The molecular formula is C25H27N5S. The van der Waals surface area contributed by atoms with Crippen molar-refractivity contribution in [3.8, 4) is 11.3 Å². The maximum Gasteiger partial charge on any atom is 0.189 e. The molecule has 0 radical (unpaired) electrons. The Morgan fingerprint density at radius 3 is 2.61 bits per heavy atom. The molecule has 3 heterocycles. The largest absolute Gasteiger partial charge is 0.316 e. The molecule has 6 heteroatoms. The van der Waals surface area contributed by atoms with E-state index in [0.29, 0.717) is 0 Å². The molecule has 0 bridgehead atoms. The van der Waals surface area contributed by atoms with E-state index in [1.165, 1.54) is 36.2 Å². The molecule has 2 aromatic carbocycles. The van der Waals surface area contributed by atoms with Crippen molar-refractivity contribution in [2.24, 2.45) is 5.92 Å². The van der Waals surface area contributed by atoms with Crippen molar-refractivity contribution in [3.63, 3.8) is 0 Å². The summed E-state index contributed by atoms with van der Waals surface area (Å²) < 4.78 is 1.21. The van der Waals surface area contributed by atoms with Gasteiger partial charge in [-0.05, 0) is 56.5 Å². The van der Waals surface area contributed by atoms with E-state index in [4.69, 9.17) is 4.98 Å². The summed E-state index contributed by atoms with van der Waals surface area (Å²) in [5.74, 6) is 2.37. The Labute approximate surface area is 187 Å². The minimum atomic E-state index is 0.739. The molecule has 158 valence electrons. The van der Waals surface area contributed by atoms with E-state index >= 15 is 0 Å². The number of nitrogens with one attached hydrogen (secondary N) is 1. The fraction of sp³-hybridized carbons (Fsp3) is 0.320. The second kappa shape index (κ2) is 8.73. The topological polar surface area (TPSA) is 53.9 Å². The average Bonchev–Trinajstić information content (AvgIpc) is 3.17. The van der Waals surface area contributed by atoms with Gasteiger partial charge in [-0.3, -0.25) is 4.90 Å². The molecule has 5 rings (SSSR count). The molecule has 2 aromatic heterocycles. The van der Waals surface area contributed by atoms with E-state index in [-0.39, 0.29) is 0 Å². The molecule has 1 N–H and O–H groups in total. The molecule has 0 aliphatic carbocycles. The van der Waals surface area contributed by atoms with Gasteiger partial charge in [0.2, 0.25) is 0 Å². The molecule has 31 heavy (non-hydrogen) atoms. The quantitative estimate of drug-likeness (QED) is 0.419. The number of rotatable bonds is 5. The van der Waals surface area contributed by atoms with Gasteiger partial charge in [-0.1, -0.05) is 54.7 Å². The lowest BCUT2D eigenvalue weighted by Gasteiger charge is -2.30. The van der Waals surface area contributed by atoms with Crippen LogP contribution in [0.1, 0.15) is 31.2 Å². The number of hydrogen-bond donors (Lipinski definition) is 1. The average molecular weight is 430 g/mol. The van der Waals surface area contributed by atoms with Crippen LogP contribution < -0.4 is 5.32 Å². The Kier molecular flexibility index (Phi) is 5.66. The molecule has 4 aromatic rings. The summed E-state index contributed by atoms with van der Waals surface area (Å²) in [7, 11) is 0. The van der Waals surface area contributed by atoms with E-state index in [1.54, 1.807) is 11.3 Å². The summed E-state index contributed by atoms with van der Waals surface area (Å²) in [4.78, 5) is 16.5. The molecule has 0 atom stereocenters. The zero-order chi connectivity index (χ0) is 21.2. The molecule has 1 saturated heterocycles. The molecule has 0 spiro atoms. The predicted molar refractivity (Wildman–Crippen MR) is 129 cm³/mol. The highest BCUT2D eigenvalue weighted by Crippen LogP contribution is 2.30. The molecule has 5 nitrogen and oxygen atoms in total. The number of piperidine rings is 1. The number of benzene rings is 2. The van der Waals surface area contributed by atoms with Crippen LogP contribution in [0.15, 0.2) is 54.6 Å². The zero-order valence-corrected chi connectivity index (χ0v) is 18.8. The third-order valence-electron chi connectivity index (χ3n) is 5.88. The van der Waals surface area contributed by atoms with Gasteiger partial charge in [0.1, 0.15) is 11.6 Å². The number of anilines is 2. The summed E-state index contributed by atoms with van der Waals surface area (Å²) >= 11 is 1.68. The number of nitrogens with zero attached hydrogens (tertiary/aromatic N) is 4. The Morgan fingerprint density at radius 2 is 1.81 bits per heavy atom. The van der Waals surface area contributed by atoms with Gasteiger partial charge in [0.15, 0.2) is 5.13 Å². The van der Waals surface area contributed by atoms with Gasteiger partial charge in [0, 0.05) is 18.2 Å². The predicted octanol–water partition coefficient (Wildman–Crippen LogP) is 6.04. The van der Waals surface area contributed by atoms with Crippen LogP contribution in [0.4, 0.5) is 10.9 Å². The van der Waals surface area contributed by atoms with Gasteiger partial charge in [-0.25, -0.2) is 15.0 Å². The van der Waals surface area contributed by atoms with Crippen LogP contribution in [-0.2, 0) is 6.54 Å². The second-order valence-electron chi connectivity index (χ2n) is 8.46. The summed E-state index contributed by atoms with van der Waals surface area (Å²) in [5, 5.41) is 4.25. The number of fused-ring (bicyclic) bond motifs is 1. The molecule has 0 amide bonds. The number of thiazole rings is 1. The normalized spacial score (nSPS) is 15.4. The Hall–Kier alpha value is -2.83. The minimum Gasteiger partial charge on any atom is -0.316 e. The van der Waals surface area contributed by atoms with E-state index in [9.17, 15) is 0 Å². The fourth-order valence-corrected chi connectivity index (χ4v) is 5.03. The van der Waals surface area contributed by atoms with Gasteiger partial charge in [0.25, 0.3) is 0 Å². The Bertz CT molecular complexity index is 1180. The van der Waals surface area contributed by atoms with Crippen LogP contribution >= 0.6 is 11.3 Å². The van der Waals surface area contributed by atoms with Crippen molar-refractivity contribution in [1.29, 1.82) is 0 Å². The lowest BCUT2D eigenvalue weighted by Crippen LogP contribution is -2.32. The molecular weight excluding hydrogens is 402 g/mol. The highest BCUT2D eigenvalue weighted by molar-refractivity contribution is 7.22. The first-order chi connectivity index (χ1) is 15.1. The van der Waals surface area contributed by atoms with Crippen LogP contribution in [0.5, 0.6) is 0 Å². The van der Waals surface area contributed by atoms with Crippen LogP contribution in [-0.4, -0.2) is 32.9 Å². The maximum atomic E-state index is 4.77. The lowest BCUT2D eigenvalue weighted by atomic mass is 9.99. The van der Waals surface area contributed by atoms with Gasteiger partial charge in [-0.2, -0.15) is 0 Å². The lowest BCUT2D eigenvalue weighted by molar-refractivity contribution is 0.185. The highest BCUT2D eigenvalue weighted by atomic mass is 32.1. The van der Waals surface area contributed by atoms with Crippen LogP contribution in [0.2, 0.25) is 0 Å². The number of hydrogen-bond acceptors (Lipinski definition) is 6. The Morgan fingerprint density at radius 1 is 1.00 bits per heavy atom. The zero-order valence-electron chi connectivity index (χ0n) is 18.0. The third-order valence-corrected chi connectivity index (χ3v) is 6.81. The monoisotopic (exact) mass is 429 g/mol. The van der Waals surface area contributed by atoms with Gasteiger partial charge in [-0.15, -0.1) is 0 Å². The summed E-state index contributed by atoms with van der Waals surface area (Å²) in [6.07, 6.45) is 2.61. The SMILES string of the molecule is Cc1nc(Nc2nc3ccc(CN4CCC(C)CC4)cc3s2)cc(-c2ccccc2)n1. The first-order valence-electron chi connectivity index (χ1n) is 10.9. The van der Waals surface area contributed by atoms with Gasteiger partial charge in [0.05, 0.1) is 15.9 Å². The standard InChI is InChI=1S/C25H27N5S/c1-17-10-12-30(13-11-17)16-19-8-9-21-23(14-19)31-25(28-21)29-24-15-22(26-18(2)27-24)20-6-4-3-5-7-20/h3-9,14-15,17H,10-13,16H2,1-2H3,(H,26,27,28,29). The maximum absolute atomic E-state index is 4.77. The molecule has 0 unspecified atom stereocenters. The first-order valence-corrected chi connectivity index (χ1v) is 11.7. The van der Waals surface area contributed by atoms with Crippen LogP contribution in [0, 0.1) is 12.8 Å². The van der Waals surface area contributed by atoms with Crippen molar-refractivity contribution in [2.75, 3.05) is 18.4 Å². The van der Waals surface area contributed by atoms with Crippen LogP contribution in [0.25, 0.3) is 21.5 Å². The van der Waals surface area contributed by atoms with Crippen molar-refractivity contribution < 1.29 is 0 Å². The molecule has 1 aliphatic rings. The summed E-state index contributed by atoms with van der Waals surface area (Å²) in [5.41, 5.74) is 4.38. The van der Waals surface area contributed by atoms with Crippen molar-refractivity contribution >= 4 is 32.5 Å². The van der Waals surface area contributed by atoms with Gasteiger partial charge >= 0.3 is 0 Å². The summed E-state index contributed by atoms with van der Waals surface area (Å²) in [6, 6.07) is 18.8. The number of aromatic nitrogens is 3. The van der Waals surface area contributed by atoms with Crippen molar-refractivity contribution in [3.05, 3.63) is 66.0 Å².